The van der Waals surface area contributed by atoms with E-state index in [0.29, 0.717) is 40.5 Å². The fourth-order valence-corrected chi connectivity index (χ4v) is 3.87. The van der Waals surface area contributed by atoms with E-state index in [1.54, 1.807) is 11.6 Å². The van der Waals surface area contributed by atoms with Crippen LogP contribution in [0, 0.1) is 13.8 Å². The molecule has 0 aliphatic rings. The molecule has 8 heteroatoms. The van der Waals surface area contributed by atoms with Gasteiger partial charge in [-0.05, 0) is 37.1 Å². The van der Waals surface area contributed by atoms with Crippen molar-refractivity contribution in [3.8, 4) is 22.9 Å². The van der Waals surface area contributed by atoms with Crippen molar-refractivity contribution in [1.82, 2.24) is 19.6 Å². The number of thioether (sulfide) groups is 1. The summed E-state index contributed by atoms with van der Waals surface area (Å²) in [5.41, 5.74) is 3.45. The number of methoxy groups -OCH3 is 1. The predicted molar refractivity (Wildman–Crippen MR) is 118 cm³/mol. The molecule has 1 N–H and O–H groups in total. The Labute approximate surface area is 178 Å². The highest BCUT2D eigenvalue weighted by molar-refractivity contribution is 7.99. The lowest BCUT2D eigenvalue weighted by Gasteiger charge is -2.12. The Balaban J connectivity index is 1.55. The van der Waals surface area contributed by atoms with Gasteiger partial charge in [-0.1, -0.05) is 42.1 Å². The van der Waals surface area contributed by atoms with Crippen molar-refractivity contribution in [3.63, 3.8) is 0 Å². The highest BCUT2D eigenvalue weighted by atomic mass is 32.2. The third-order valence-electron chi connectivity index (χ3n) is 4.60. The van der Waals surface area contributed by atoms with E-state index in [1.807, 2.05) is 56.3 Å². The Morgan fingerprint density at radius 2 is 1.90 bits per heavy atom. The van der Waals surface area contributed by atoms with Crippen molar-refractivity contribution in [2.24, 2.45) is 0 Å². The van der Waals surface area contributed by atoms with Gasteiger partial charge in [0.15, 0.2) is 28.1 Å². The van der Waals surface area contributed by atoms with Crippen molar-refractivity contribution in [3.05, 3.63) is 70.0 Å². The van der Waals surface area contributed by atoms with Crippen LogP contribution < -0.4 is 15.0 Å². The van der Waals surface area contributed by atoms with Crippen LogP contribution >= 0.6 is 11.8 Å². The zero-order chi connectivity index (χ0) is 21.1. The van der Waals surface area contributed by atoms with Gasteiger partial charge in [0.25, 0.3) is 5.56 Å². The number of fused-ring (bicyclic) bond motifs is 1. The van der Waals surface area contributed by atoms with E-state index in [-0.39, 0.29) is 5.56 Å². The molecule has 7 nitrogen and oxygen atoms in total. The molecular weight excluding hydrogens is 400 g/mol. The first kappa shape index (κ1) is 20.0. The third-order valence-corrected chi connectivity index (χ3v) is 5.50. The molecule has 0 saturated carbocycles. The van der Waals surface area contributed by atoms with Crippen LogP contribution in [-0.4, -0.2) is 39.1 Å². The molecule has 0 unspecified atom stereocenters. The lowest BCUT2D eigenvalue weighted by molar-refractivity contribution is 0.313. The maximum Gasteiger partial charge on any atom is 0.266 e. The third kappa shape index (κ3) is 4.18. The fourth-order valence-electron chi connectivity index (χ4n) is 3.10. The van der Waals surface area contributed by atoms with Crippen LogP contribution in [0.2, 0.25) is 0 Å². The minimum Gasteiger partial charge on any atom is -0.493 e. The van der Waals surface area contributed by atoms with Gasteiger partial charge in [-0.15, -0.1) is 0 Å². The predicted octanol–water partition coefficient (Wildman–Crippen LogP) is 3.88. The molecule has 0 atom stereocenters. The van der Waals surface area contributed by atoms with Crippen LogP contribution in [0.5, 0.6) is 11.5 Å². The van der Waals surface area contributed by atoms with E-state index in [9.17, 15) is 4.79 Å². The van der Waals surface area contributed by atoms with Crippen molar-refractivity contribution >= 4 is 17.4 Å². The Kier molecular flexibility index (Phi) is 5.76. The quantitative estimate of drug-likeness (QED) is 0.360. The summed E-state index contributed by atoms with van der Waals surface area (Å²) in [6, 6.07) is 15.2. The zero-order valence-electron chi connectivity index (χ0n) is 17.0. The number of ether oxygens (including phenoxy) is 2. The highest BCUT2D eigenvalue weighted by Gasteiger charge is 2.13. The van der Waals surface area contributed by atoms with Crippen molar-refractivity contribution in [2.75, 3.05) is 19.5 Å². The number of H-pyrrole nitrogens is 1. The summed E-state index contributed by atoms with van der Waals surface area (Å²) in [5, 5.41) is 3.41. The molecule has 0 spiro atoms. The summed E-state index contributed by atoms with van der Waals surface area (Å²) in [7, 11) is 1.63. The van der Waals surface area contributed by atoms with Gasteiger partial charge >= 0.3 is 0 Å². The van der Waals surface area contributed by atoms with Gasteiger partial charge in [0.2, 0.25) is 0 Å². The summed E-state index contributed by atoms with van der Waals surface area (Å²) in [5.74, 6) is 2.64. The number of nitrogens with one attached hydrogen (secondary N) is 1. The molecule has 2 aromatic heterocycles. The van der Waals surface area contributed by atoms with Gasteiger partial charge in [-0.3, -0.25) is 9.89 Å². The number of hydrogen-bond donors (Lipinski definition) is 1. The van der Waals surface area contributed by atoms with Crippen molar-refractivity contribution in [1.29, 1.82) is 0 Å². The van der Waals surface area contributed by atoms with Crippen LogP contribution in [0.3, 0.4) is 0 Å². The minimum absolute atomic E-state index is 0.214. The molecule has 0 amide bonds. The second-order valence-electron chi connectivity index (χ2n) is 6.81. The molecule has 0 bridgehead atoms. The minimum atomic E-state index is -0.214. The van der Waals surface area contributed by atoms with Crippen LogP contribution in [0.1, 0.15) is 11.1 Å². The number of aromatic nitrogens is 4. The van der Waals surface area contributed by atoms with Gasteiger partial charge < -0.3 is 9.47 Å². The number of rotatable bonds is 7. The van der Waals surface area contributed by atoms with Gasteiger partial charge in [0, 0.05) is 17.4 Å². The molecule has 2 heterocycles. The van der Waals surface area contributed by atoms with Gasteiger partial charge in [0.1, 0.15) is 0 Å². The monoisotopic (exact) mass is 422 g/mol. The Bertz CT molecular complexity index is 1250. The molecule has 0 fully saturated rings. The lowest BCUT2D eigenvalue weighted by Crippen LogP contribution is -2.07. The summed E-state index contributed by atoms with van der Waals surface area (Å²) < 4.78 is 12.9. The molecule has 2 aromatic carbocycles. The average molecular weight is 423 g/mol. The molecule has 0 saturated heterocycles. The van der Waals surface area contributed by atoms with Crippen LogP contribution in [0.15, 0.2) is 58.5 Å². The Morgan fingerprint density at radius 3 is 2.70 bits per heavy atom. The molecule has 0 radical (unpaired) electrons. The van der Waals surface area contributed by atoms with Crippen molar-refractivity contribution in [2.45, 2.75) is 19.0 Å². The molecule has 154 valence electrons. The SMILES string of the molecule is COc1cc(C)ccc1OCCSc1nc(-c2ccccc2C)nc2cc(=O)[nH]n12. The number of aromatic amines is 1. The summed E-state index contributed by atoms with van der Waals surface area (Å²) >= 11 is 1.49. The molecule has 0 aliphatic heterocycles. The van der Waals surface area contributed by atoms with Crippen LogP contribution in [-0.2, 0) is 0 Å². The van der Waals surface area contributed by atoms with Crippen LogP contribution in [0.4, 0.5) is 0 Å². The van der Waals surface area contributed by atoms with Gasteiger partial charge in [0.05, 0.1) is 13.7 Å². The summed E-state index contributed by atoms with van der Waals surface area (Å²) in [6.45, 7) is 4.48. The number of nitrogens with zero attached hydrogens (tertiary/aromatic N) is 3. The van der Waals surface area contributed by atoms with E-state index >= 15 is 0 Å². The van der Waals surface area contributed by atoms with Crippen LogP contribution in [0.25, 0.3) is 17.0 Å². The standard InChI is InChI=1S/C22H22N4O3S/c1-14-8-9-17(18(12-14)28-3)29-10-11-30-22-24-21(16-7-5-4-6-15(16)2)23-19-13-20(27)25-26(19)22/h4-9,12-13H,10-11H2,1-3H3,(H,25,27). The maximum absolute atomic E-state index is 11.9. The van der Waals surface area contributed by atoms with E-state index in [0.717, 1.165) is 16.7 Å². The second-order valence-corrected chi connectivity index (χ2v) is 7.87. The molecule has 4 rings (SSSR count). The van der Waals surface area contributed by atoms with E-state index in [4.69, 9.17) is 14.5 Å². The van der Waals surface area contributed by atoms with E-state index in [2.05, 4.69) is 10.1 Å². The lowest BCUT2D eigenvalue weighted by atomic mass is 10.1. The average Bonchev–Trinajstić information content (AvgIpc) is 3.12. The number of aryl methyl sites for hydroxylation is 2. The molecule has 0 aliphatic carbocycles. The number of benzene rings is 2. The second kappa shape index (κ2) is 8.62. The molecule has 30 heavy (non-hydrogen) atoms. The Hall–Kier alpha value is -3.26. The topological polar surface area (TPSA) is 81.5 Å². The molecule has 4 aromatic rings. The normalized spacial score (nSPS) is 11.0. The summed E-state index contributed by atoms with van der Waals surface area (Å²) in [6.07, 6.45) is 0. The first-order chi connectivity index (χ1) is 14.5. The van der Waals surface area contributed by atoms with Crippen molar-refractivity contribution < 1.29 is 9.47 Å². The van der Waals surface area contributed by atoms with E-state index < -0.39 is 0 Å². The highest BCUT2D eigenvalue weighted by Crippen LogP contribution is 2.28. The largest absolute Gasteiger partial charge is 0.493 e. The first-order valence-corrected chi connectivity index (χ1v) is 10.5. The Morgan fingerprint density at radius 1 is 1.07 bits per heavy atom. The summed E-state index contributed by atoms with van der Waals surface area (Å²) in [4.78, 5) is 21.1. The smallest absolute Gasteiger partial charge is 0.266 e. The van der Waals surface area contributed by atoms with Gasteiger partial charge in [-0.2, -0.15) is 0 Å². The fraction of sp³-hybridized carbons (Fsp3) is 0.227. The maximum atomic E-state index is 11.9. The van der Waals surface area contributed by atoms with Gasteiger partial charge in [-0.25, -0.2) is 14.5 Å². The number of hydrogen-bond acceptors (Lipinski definition) is 6. The zero-order valence-corrected chi connectivity index (χ0v) is 17.8. The first-order valence-electron chi connectivity index (χ1n) is 9.51. The van der Waals surface area contributed by atoms with E-state index in [1.165, 1.54) is 17.8 Å². The molecular formula is C22H22N4O3S.